The fraction of sp³-hybridized carbons (Fsp3) is 0.429. The van der Waals surface area contributed by atoms with Gasteiger partial charge in [-0.05, 0) is 56.0 Å². The maximum atomic E-state index is 16.8. The Bertz CT molecular complexity index is 1940. The lowest BCUT2D eigenvalue weighted by Crippen LogP contribution is -2.56. The highest BCUT2D eigenvalue weighted by molar-refractivity contribution is 6.04. The zero-order valence-electron chi connectivity index (χ0n) is 26.0. The summed E-state index contributed by atoms with van der Waals surface area (Å²) in [6, 6.07) is 6.00. The maximum Gasteiger partial charge on any atom is 0.319 e. The second kappa shape index (κ2) is 11.5. The number of piperidine rings is 1. The van der Waals surface area contributed by atoms with Crippen LogP contribution in [0.1, 0.15) is 38.7 Å². The number of halogens is 5. The molecule has 12 heteroatoms. The Morgan fingerprint density at radius 2 is 1.83 bits per heavy atom. The van der Waals surface area contributed by atoms with Crippen molar-refractivity contribution in [3.05, 3.63) is 53.3 Å². The summed E-state index contributed by atoms with van der Waals surface area (Å²) < 4.78 is 84.3. The highest BCUT2D eigenvalue weighted by Crippen LogP contribution is 2.45. The lowest BCUT2D eigenvalue weighted by atomic mass is 9.79. The number of rotatable bonds is 6. The molecule has 4 aromatic rings. The summed E-state index contributed by atoms with van der Waals surface area (Å²) >= 11 is 0. The van der Waals surface area contributed by atoms with Crippen LogP contribution < -0.4 is 15.0 Å². The molecule has 3 fully saturated rings. The first-order valence-corrected chi connectivity index (χ1v) is 15.8. The van der Waals surface area contributed by atoms with E-state index in [9.17, 15) is 9.50 Å². The van der Waals surface area contributed by atoms with Crippen molar-refractivity contribution in [3.8, 4) is 35.2 Å². The van der Waals surface area contributed by atoms with E-state index in [1.54, 1.807) is 0 Å². The molecule has 0 spiro atoms. The number of hydrogen-bond donors (Lipinski definition) is 2. The zero-order valence-corrected chi connectivity index (χ0v) is 26.0. The molecular weight excluding hydrogens is 617 g/mol. The lowest BCUT2D eigenvalue weighted by Gasteiger charge is -2.45. The van der Waals surface area contributed by atoms with Gasteiger partial charge < -0.3 is 25.0 Å². The molecule has 0 aliphatic carbocycles. The highest BCUT2D eigenvalue weighted by Gasteiger charge is 2.54. The fourth-order valence-corrected chi connectivity index (χ4v) is 7.38. The fourth-order valence-electron chi connectivity index (χ4n) is 7.38. The van der Waals surface area contributed by atoms with Gasteiger partial charge in [0, 0.05) is 61.0 Å². The number of alkyl halides is 2. The van der Waals surface area contributed by atoms with Crippen molar-refractivity contribution in [3.63, 3.8) is 0 Å². The molecule has 0 saturated carbocycles. The quantitative estimate of drug-likeness (QED) is 0.189. The molecule has 3 aromatic carbocycles. The molecular formula is C35H34F5N5O2. The third kappa shape index (κ3) is 5.29. The predicted octanol–water partition coefficient (Wildman–Crippen LogP) is 6.24. The van der Waals surface area contributed by atoms with Crippen molar-refractivity contribution in [1.29, 1.82) is 0 Å². The molecule has 7 nitrogen and oxygen atoms in total. The van der Waals surface area contributed by atoms with Crippen LogP contribution in [0, 0.1) is 35.2 Å². The summed E-state index contributed by atoms with van der Waals surface area (Å²) in [6.45, 7) is 4.88. The van der Waals surface area contributed by atoms with E-state index in [1.807, 2.05) is 16.7 Å². The number of hydrogen-bond acceptors (Lipinski definition) is 7. The lowest BCUT2D eigenvalue weighted by molar-refractivity contribution is -0.171. The average Bonchev–Trinajstić information content (AvgIpc) is 3.38. The SMILES string of the molecule is C#Cc1c(F)ccc2cc(O)cc(-c3c(F)cc4c(N5C[C@H]6CC[C@@H](C5)N6)nc(OC[C@]5(C)CN(CC)CCC5(F)F)nc4c3F)c12. The van der Waals surface area contributed by atoms with Gasteiger partial charge in [-0.25, -0.2) is 22.0 Å². The molecule has 2 N–H and O–H groups in total. The number of fused-ring (bicyclic) bond motifs is 4. The molecule has 3 aliphatic heterocycles. The largest absolute Gasteiger partial charge is 0.508 e. The molecule has 0 unspecified atom stereocenters. The smallest absolute Gasteiger partial charge is 0.319 e. The van der Waals surface area contributed by atoms with E-state index < -0.39 is 41.0 Å². The van der Waals surface area contributed by atoms with Crippen LogP contribution >= 0.6 is 0 Å². The number of phenols is 1. The van der Waals surface area contributed by atoms with E-state index in [-0.39, 0.29) is 82.0 Å². The monoisotopic (exact) mass is 651 g/mol. The van der Waals surface area contributed by atoms with E-state index in [2.05, 4.69) is 21.2 Å². The second-order valence-corrected chi connectivity index (χ2v) is 13.1. The number of aromatic nitrogens is 2. The number of ether oxygens (including phenoxy) is 1. The van der Waals surface area contributed by atoms with E-state index >= 15 is 17.6 Å². The zero-order chi connectivity index (χ0) is 33.2. The van der Waals surface area contributed by atoms with Gasteiger partial charge in [-0.3, -0.25) is 0 Å². The van der Waals surface area contributed by atoms with Gasteiger partial charge in [0.2, 0.25) is 0 Å². The molecule has 0 amide bonds. The van der Waals surface area contributed by atoms with Crippen molar-refractivity contribution in [2.24, 2.45) is 5.41 Å². The predicted molar refractivity (Wildman–Crippen MR) is 169 cm³/mol. The summed E-state index contributed by atoms with van der Waals surface area (Å²) in [5, 5.41) is 14.4. The van der Waals surface area contributed by atoms with E-state index in [0.29, 0.717) is 19.6 Å². The van der Waals surface area contributed by atoms with Gasteiger partial charge in [0.1, 0.15) is 35.3 Å². The second-order valence-electron chi connectivity index (χ2n) is 13.1. The molecule has 47 heavy (non-hydrogen) atoms. The number of benzene rings is 3. The van der Waals surface area contributed by atoms with E-state index in [4.69, 9.17) is 11.2 Å². The first-order valence-electron chi connectivity index (χ1n) is 15.8. The van der Waals surface area contributed by atoms with Crippen molar-refractivity contribution < 1.29 is 31.8 Å². The van der Waals surface area contributed by atoms with Crippen LogP contribution in [0.15, 0.2) is 30.3 Å². The van der Waals surface area contributed by atoms with Crippen LogP contribution in [-0.4, -0.2) is 77.3 Å². The number of phenolic OH excluding ortho intramolecular Hbond substituents is 1. The Kier molecular flexibility index (Phi) is 7.67. The summed E-state index contributed by atoms with van der Waals surface area (Å²) in [5.74, 6) is -3.74. The minimum absolute atomic E-state index is 0.0415. The molecule has 3 atom stereocenters. The Hall–Kier alpha value is -4.21. The van der Waals surface area contributed by atoms with Gasteiger partial charge in [0.25, 0.3) is 5.92 Å². The van der Waals surface area contributed by atoms with Crippen molar-refractivity contribution in [1.82, 2.24) is 20.2 Å². The van der Waals surface area contributed by atoms with Crippen molar-refractivity contribution >= 4 is 27.5 Å². The molecule has 4 heterocycles. The number of nitrogens with one attached hydrogen (secondary N) is 1. The number of terminal acetylenes is 1. The molecule has 2 bridgehead atoms. The van der Waals surface area contributed by atoms with Crippen molar-refractivity contribution in [2.75, 3.05) is 44.2 Å². The number of piperazine rings is 1. The Morgan fingerprint density at radius 3 is 2.53 bits per heavy atom. The minimum Gasteiger partial charge on any atom is -0.508 e. The van der Waals surface area contributed by atoms with Gasteiger partial charge in [0.15, 0.2) is 5.82 Å². The van der Waals surface area contributed by atoms with Gasteiger partial charge in [-0.2, -0.15) is 9.97 Å². The van der Waals surface area contributed by atoms with E-state index in [0.717, 1.165) is 31.0 Å². The third-order valence-corrected chi connectivity index (χ3v) is 9.99. The molecule has 3 aliphatic rings. The van der Waals surface area contributed by atoms with Crippen LogP contribution in [0.25, 0.3) is 32.8 Å². The van der Waals surface area contributed by atoms with Crippen LogP contribution in [0.2, 0.25) is 0 Å². The highest BCUT2D eigenvalue weighted by atomic mass is 19.3. The summed E-state index contributed by atoms with van der Waals surface area (Å²) in [7, 11) is 0. The van der Waals surface area contributed by atoms with Crippen LogP contribution in [0.5, 0.6) is 11.8 Å². The van der Waals surface area contributed by atoms with Crippen LogP contribution in [0.3, 0.4) is 0 Å². The average molecular weight is 652 g/mol. The first kappa shape index (κ1) is 31.4. The standard InChI is InChI=1S/C35H34F5N5O2/c1-4-23-26(36)9-6-19-12-22(46)13-24(28(19)23)29-27(37)14-25-31(30(29)38)42-33(43-32(25)45-15-20-7-8-21(16-45)41-20)47-18-34(3)17-44(5-2)11-10-35(34,39)40/h1,6,9,12-14,20-21,41,46H,5,7-8,10-11,15-18H2,2-3H3/t20-,21+,34-/m0/s1. The Morgan fingerprint density at radius 1 is 1.09 bits per heavy atom. The minimum atomic E-state index is -3.03. The summed E-state index contributed by atoms with van der Waals surface area (Å²) in [5.41, 5.74) is -2.85. The number of nitrogens with zero attached hydrogens (tertiary/aromatic N) is 4. The van der Waals surface area contributed by atoms with Gasteiger partial charge in [0.05, 0.1) is 16.5 Å². The van der Waals surface area contributed by atoms with Gasteiger partial charge in [-0.15, -0.1) is 6.42 Å². The molecule has 1 aromatic heterocycles. The molecule has 3 saturated heterocycles. The van der Waals surface area contributed by atoms with Crippen LogP contribution in [0.4, 0.5) is 27.8 Å². The number of anilines is 1. The Balaban J connectivity index is 1.40. The van der Waals surface area contributed by atoms with Gasteiger partial charge in [-0.1, -0.05) is 18.9 Å². The first-order chi connectivity index (χ1) is 22.4. The summed E-state index contributed by atoms with van der Waals surface area (Å²) in [4.78, 5) is 12.7. The maximum absolute atomic E-state index is 16.8. The Labute approximate surface area is 268 Å². The molecule has 246 valence electrons. The molecule has 7 rings (SSSR count). The van der Waals surface area contributed by atoms with Gasteiger partial charge >= 0.3 is 6.01 Å². The van der Waals surface area contributed by atoms with Crippen LogP contribution in [-0.2, 0) is 0 Å². The topological polar surface area (TPSA) is 73.8 Å². The van der Waals surface area contributed by atoms with Crippen molar-refractivity contribution in [2.45, 2.75) is 51.1 Å². The normalized spacial score (nSPS) is 24.2. The molecule has 0 radical (unpaired) electrons. The third-order valence-electron chi connectivity index (χ3n) is 9.99. The summed E-state index contributed by atoms with van der Waals surface area (Å²) in [6.07, 6.45) is 7.15. The van der Waals surface area contributed by atoms with E-state index in [1.165, 1.54) is 19.1 Å². The number of aromatic hydroxyl groups is 1. The number of likely N-dealkylation sites (tertiary alicyclic amines) is 1.